The third-order valence-corrected chi connectivity index (χ3v) is 3.05. The highest BCUT2D eigenvalue weighted by atomic mass is 32.1. The van der Waals surface area contributed by atoms with E-state index in [9.17, 15) is 0 Å². The number of para-hydroxylation sites is 1. The molecule has 0 aliphatic carbocycles. The minimum Gasteiger partial charge on any atom is -0.395 e. The van der Waals surface area contributed by atoms with Crippen LogP contribution >= 0.6 is 12.2 Å². The number of anilines is 1. The van der Waals surface area contributed by atoms with E-state index in [0.29, 0.717) is 11.5 Å². The highest BCUT2D eigenvalue weighted by molar-refractivity contribution is 7.80. The molecule has 1 aromatic carbocycles. The Morgan fingerprint density at radius 2 is 2.17 bits per heavy atom. The maximum atomic E-state index is 9.08. The van der Waals surface area contributed by atoms with Crippen molar-refractivity contribution in [2.45, 2.75) is 0 Å². The van der Waals surface area contributed by atoms with Gasteiger partial charge in [-0.15, -0.1) is 0 Å². The van der Waals surface area contributed by atoms with Gasteiger partial charge >= 0.3 is 0 Å². The Hall–Kier alpha value is -1.72. The Bertz CT molecular complexity index is 585. The number of benzene rings is 1. The largest absolute Gasteiger partial charge is 0.395 e. The fraction of sp³-hybridized carbons (Fsp3) is 0.231. The lowest BCUT2D eigenvalue weighted by molar-refractivity contribution is 0.304. The van der Waals surface area contributed by atoms with Crippen molar-refractivity contribution in [1.82, 2.24) is 4.98 Å². The molecule has 3 N–H and O–H groups in total. The van der Waals surface area contributed by atoms with Crippen molar-refractivity contribution in [2.24, 2.45) is 5.73 Å². The number of aliphatic hydroxyl groups is 1. The predicted octanol–water partition coefficient (Wildman–Crippen LogP) is 1.30. The van der Waals surface area contributed by atoms with Crippen LogP contribution in [0.5, 0.6) is 0 Å². The topological polar surface area (TPSA) is 62.4 Å². The fourth-order valence-corrected chi connectivity index (χ4v) is 2.13. The first-order valence-electron chi connectivity index (χ1n) is 5.64. The van der Waals surface area contributed by atoms with E-state index in [-0.39, 0.29) is 6.61 Å². The smallest absolute Gasteiger partial charge is 0.107 e. The minimum atomic E-state index is 0.0733. The van der Waals surface area contributed by atoms with Gasteiger partial charge in [0.2, 0.25) is 0 Å². The average Bonchev–Trinajstić information content (AvgIpc) is 2.37. The summed E-state index contributed by atoms with van der Waals surface area (Å²) < 4.78 is 0. The van der Waals surface area contributed by atoms with Crippen molar-refractivity contribution in [3.05, 3.63) is 36.0 Å². The van der Waals surface area contributed by atoms with E-state index < -0.39 is 0 Å². The van der Waals surface area contributed by atoms with Crippen LogP contribution in [0.15, 0.2) is 30.5 Å². The maximum Gasteiger partial charge on any atom is 0.107 e. The summed E-state index contributed by atoms with van der Waals surface area (Å²) >= 11 is 5.06. The lowest BCUT2D eigenvalue weighted by atomic mass is 10.1. The first-order valence-corrected chi connectivity index (χ1v) is 6.05. The molecule has 2 aromatic rings. The van der Waals surface area contributed by atoms with Crippen LogP contribution in [0, 0.1) is 0 Å². The molecule has 0 amide bonds. The van der Waals surface area contributed by atoms with Crippen molar-refractivity contribution in [1.29, 1.82) is 0 Å². The number of thiocarbonyl (C=S) groups is 1. The Morgan fingerprint density at radius 3 is 2.83 bits per heavy atom. The van der Waals surface area contributed by atoms with Gasteiger partial charge in [0, 0.05) is 25.2 Å². The van der Waals surface area contributed by atoms with Crippen LogP contribution in [0.2, 0.25) is 0 Å². The predicted molar refractivity (Wildman–Crippen MR) is 78.0 cm³/mol. The lowest BCUT2D eigenvalue weighted by Crippen LogP contribution is -2.25. The molecule has 1 aromatic heterocycles. The van der Waals surface area contributed by atoms with Crippen molar-refractivity contribution < 1.29 is 5.11 Å². The van der Waals surface area contributed by atoms with Crippen LogP contribution in [0.3, 0.4) is 0 Å². The van der Waals surface area contributed by atoms with E-state index in [4.69, 9.17) is 23.1 Å². The van der Waals surface area contributed by atoms with Gasteiger partial charge in [-0.1, -0.05) is 30.4 Å². The number of nitrogens with zero attached hydrogens (tertiary/aromatic N) is 2. The van der Waals surface area contributed by atoms with Crippen LogP contribution in [0.4, 0.5) is 5.69 Å². The van der Waals surface area contributed by atoms with Crippen molar-refractivity contribution in [2.75, 3.05) is 25.1 Å². The van der Waals surface area contributed by atoms with Gasteiger partial charge < -0.3 is 15.7 Å². The number of aliphatic hydroxyl groups excluding tert-OH is 1. The van der Waals surface area contributed by atoms with E-state index in [1.165, 1.54) is 0 Å². The maximum absolute atomic E-state index is 9.08. The molecule has 0 radical (unpaired) electrons. The molecule has 4 nitrogen and oxygen atoms in total. The highest BCUT2D eigenvalue weighted by Gasteiger charge is 2.14. The number of pyridine rings is 1. The van der Waals surface area contributed by atoms with Crippen LogP contribution in [-0.2, 0) is 0 Å². The van der Waals surface area contributed by atoms with Gasteiger partial charge in [0.1, 0.15) is 4.99 Å². The van der Waals surface area contributed by atoms with Gasteiger partial charge in [0.05, 0.1) is 23.4 Å². The van der Waals surface area contributed by atoms with E-state index in [1.807, 2.05) is 36.2 Å². The highest BCUT2D eigenvalue weighted by Crippen LogP contribution is 2.28. The molecule has 5 heteroatoms. The third-order valence-electron chi connectivity index (χ3n) is 2.83. The average molecular weight is 261 g/mol. The second-order valence-corrected chi connectivity index (χ2v) is 4.49. The van der Waals surface area contributed by atoms with Crippen LogP contribution in [0.1, 0.15) is 5.56 Å². The lowest BCUT2D eigenvalue weighted by Gasteiger charge is -2.22. The van der Waals surface area contributed by atoms with Gasteiger partial charge in [0.25, 0.3) is 0 Å². The summed E-state index contributed by atoms with van der Waals surface area (Å²) in [6.07, 6.45) is 1.69. The quantitative estimate of drug-likeness (QED) is 0.812. The van der Waals surface area contributed by atoms with E-state index in [1.54, 1.807) is 6.20 Å². The van der Waals surface area contributed by atoms with Crippen molar-refractivity contribution >= 4 is 33.8 Å². The third kappa shape index (κ3) is 2.27. The minimum absolute atomic E-state index is 0.0733. The summed E-state index contributed by atoms with van der Waals surface area (Å²) in [6, 6.07) is 7.80. The second kappa shape index (κ2) is 5.29. The molecule has 0 bridgehead atoms. The normalized spacial score (nSPS) is 10.6. The van der Waals surface area contributed by atoms with Gasteiger partial charge in [-0.2, -0.15) is 0 Å². The molecule has 94 valence electrons. The number of aromatic nitrogens is 1. The molecular weight excluding hydrogens is 246 g/mol. The fourth-order valence-electron chi connectivity index (χ4n) is 1.98. The van der Waals surface area contributed by atoms with Gasteiger partial charge in [0.15, 0.2) is 0 Å². The second-order valence-electron chi connectivity index (χ2n) is 4.05. The van der Waals surface area contributed by atoms with Crippen LogP contribution in [0.25, 0.3) is 10.9 Å². The first-order chi connectivity index (χ1) is 8.65. The summed E-state index contributed by atoms with van der Waals surface area (Å²) in [7, 11) is 1.90. The molecule has 2 rings (SSSR count). The molecule has 0 saturated carbocycles. The number of hydrogen-bond acceptors (Lipinski definition) is 4. The number of nitrogens with two attached hydrogens (primary N) is 1. The monoisotopic (exact) mass is 261 g/mol. The SMILES string of the molecule is CN(CCO)c1c(C(N)=S)cnc2ccccc12. The Balaban J connectivity index is 2.70. The zero-order chi connectivity index (χ0) is 13.1. The summed E-state index contributed by atoms with van der Waals surface area (Å²) in [6.45, 7) is 0.591. The van der Waals surface area contributed by atoms with Gasteiger partial charge in [-0.25, -0.2) is 0 Å². The van der Waals surface area contributed by atoms with E-state index in [2.05, 4.69) is 4.98 Å². The standard InChI is InChI=1S/C13H15N3OS/c1-16(6-7-17)12-9-4-2-3-5-11(9)15-8-10(12)13(14)18/h2-5,8,17H,6-7H2,1H3,(H2,14,18). The zero-order valence-electron chi connectivity index (χ0n) is 10.1. The molecule has 18 heavy (non-hydrogen) atoms. The van der Waals surface area contributed by atoms with E-state index in [0.717, 1.165) is 22.2 Å². The molecule has 0 spiro atoms. The van der Waals surface area contributed by atoms with Crippen molar-refractivity contribution in [3.63, 3.8) is 0 Å². The number of fused-ring (bicyclic) bond motifs is 1. The summed E-state index contributed by atoms with van der Waals surface area (Å²) in [4.78, 5) is 6.60. The first kappa shape index (κ1) is 12.7. The summed E-state index contributed by atoms with van der Waals surface area (Å²) in [5, 5.41) is 10.1. The number of likely N-dealkylation sites (N-methyl/N-ethyl adjacent to an activating group) is 1. The molecule has 0 saturated heterocycles. The van der Waals surface area contributed by atoms with Crippen LogP contribution < -0.4 is 10.6 Å². The van der Waals surface area contributed by atoms with E-state index >= 15 is 0 Å². The van der Waals surface area contributed by atoms with Gasteiger partial charge in [-0.05, 0) is 6.07 Å². The van der Waals surface area contributed by atoms with Gasteiger partial charge in [-0.3, -0.25) is 4.98 Å². The Morgan fingerprint density at radius 1 is 1.44 bits per heavy atom. The molecule has 0 aliphatic heterocycles. The zero-order valence-corrected chi connectivity index (χ0v) is 10.9. The molecule has 0 atom stereocenters. The number of rotatable bonds is 4. The molecule has 0 aliphatic rings. The molecule has 1 heterocycles. The molecular formula is C13H15N3OS. The Kier molecular flexibility index (Phi) is 3.74. The molecule has 0 unspecified atom stereocenters. The Labute approximate surface area is 111 Å². The molecule has 0 fully saturated rings. The summed E-state index contributed by atoms with van der Waals surface area (Å²) in [5.41, 5.74) is 8.28. The number of hydrogen-bond donors (Lipinski definition) is 2. The summed E-state index contributed by atoms with van der Waals surface area (Å²) in [5.74, 6) is 0. The van der Waals surface area contributed by atoms with Crippen LogP contribution in [-0.4, -0.2) is 35.3 Å². The van der Waals surface area contributed by atoms with Crippen molar-refractivity contribution in [3.8, 4) is 0 Å².